The lowest BCUT2D eigenvalue weighted by Gasteiger charge is -2.13. The molecule has 5 rings (SSSR count). The van der Waals surface area contributed by atoms with Crippen molar-refractivity contribution in [3.8, 4) is 17.2 Å². The molecule has 2 aromatic carbocycles. The quantitative estimate of drug-likeness (QED) is 0.440. The first kappa shape index (κ1) is 19.7. The maximum absolute atomic E-state index is 13.2. The Kier molecular flexibility index (Phi) is 4.98. The molecule has 0 fully saturated rings. The largest absolute Gasteiger partial charge is 0.493 e. The standard InChI is InChI=1S/C23H20N6O3/c1-3-31-18-11-10-15-7-4-5-8-16(15)20(18)22(30)24-13-19-26-27-21-17(9-6-12-29(19)21)23-25-14(2)28-32-23/h4-12H,3,13H2,1-2H3,(H,24,30). The maximum Gasteiger partial charge on any atom is 0.261 e. The number of nitrogens with one attached hydrogen (secondary N) is 1. The highest BCUT2D eigenvalue weighted by molar-refractivity contribution is 6.09. The number of benzene rings is 2. The van der Waals surface area contributed by atoms with Gasteiger partial charge in [-0.05, 0) is 42.8 Å². The Morgan fingerprint density at radius 1 is 1.12 bits per heavy atom. The van der Waals surface area contributed by atoms with E-state index in [4.69, 9.17) is 9.26 Å². The summed E-state index contributed by atoms with van der Waals surface area (Å²) in [7, 11) is 0. The SMILES string of the molecule is CCOc1ccc2ccccc2c1C(=O)NCc1nnc2c(-c3nc(C)no3)cccn12. The van der Waals surface area contributed by atoms with Crippen LogP contribution >= 0.6 is 0 Å². The van der Waals surface area contributed by atoms with E-state index in [0.29, 0.717) is 46.7 Å². The zero-order valence-electron chi connectivity index (χ0n) is 17.6. The number of amides is 1. The highest BCUT2D eigenvalue weighted by Crippen LogP contribution is 2.28. The van der Waals surface area contributed by atoms with Crippen molar-refractivity contribution in [1.82, 2.24) is 30.1 Å². The second-order valence-electron chi connectivity index (χ2n) is 7.15. The number of carbonyl (C=O) groups excluding carboxylic acids is 1. The predicted molar refractivity (Wildman–Crippen MR) is 117 cm³/mol. The highest BCUT2D eigenvalue weighted by atomic mass is 16.5. The zero-order chi connectivity index (χ0) is 22.1. The third-order valence-corrected chi connectivity index (χ3v) is 5.09. The summed E-state index contributed by atoms with van der Waals surface area (Å²) in [6.45, 7) is 4.29. The number of aromatic nitrogens is 5. The van der Waals surface area contributed by atoms with Crippen molar-refractivity contribution < 1.29 is 14.1 Å². The van der Waals surface area contributed by atoms with E-state index in [9.17, 15) is 4.79 Å². The Balaban J connectivity index is 1.46. The molecule has 0 bridgehead atoms. The molecule has 3 heterocycles. The van der Waals surface area contributed by atoms with E-state index >= 15 is 0 Å². The molecule has 32 heavy (non-hydrogen) atoms. The first-order chi connectivity index (χ1) is 15.7. The fourth-order valence-corrected chi connectivity index (χ4v) is 3.67. The Morgan fingerprint density at radius 2 is 2.00 bits per heavy atom. The first-order valence-electron chi connectivity index (χ1n) is 10.2. The van der Waals surface area contributed by atoms with Gasteiger partial charge in [-0.1, -0.05) is 35.5 Å². The van der Waals surface area contributed by atoms with Gasteiger partial charge in [0.15, 0.2) is 17.3 Å². The summed E-state index contributed by atoms with van der Waals surface area (Å²) < 4.78 is 12.8. The molecule has 0 saturated heterocycles. The van der Waals surface area contributed by atoms with E-state index < -0.39 is 0 Å². The van der Waals surface area contributed by atoms with E-state index in [1.54, 1.807) is 11.3 Å². The summed E-state index contributed by atoms with van der Waals surface area (Å²) in [5.74, 6) is 1.78. The van der Waals surface area contributed by atoms with E-state index in [2.05, 4.69) is 25.7 Å². The number of hydrogen-bond donors (Lipinski definition) is 1. The molecule has 1 amide bonds. The van der Waals surface area contributed by atoms with Gasteiger partial charge >= 0.3 is 0 Å². The molecule has 0 saturated carbocycles. The average Bonchev–Trinajstić information content (AvgIpc) is 3.43. The van der Waals surface area contributed by atoms with Crippen LogP contribution in [0.2, 0.25) is 0 Å². The Hall–Kier alpha value is -4.27. The van der Waals surface area contributed by atoms with Gasteiger partial charge in [0.25, 0.3) is 11.8 Å². The summed E-state index contributed by atoms with van der Waals surface area (Å²) in [4.78, 5) is 17.5. The molecule has 0 spiro atoms. The fraction of sp³-hybridized carbons (Fsp3) is 0.174. The molecule has 0 radical (unpaired) electrons. The van der Waals surface area contributed by atoms with Gasteiger partial charge in [0.2, 0.25) is 0 Å². The molecule has 0 atom stereocenters. The van der Waals surface area contributed by atoms with Crippen LogP contribution in [-0.4, -0.2) is 37.3 Å². The molecular weight excluding hydrogens is 408 g/mol. The number of hydrogen-bond acceptors (Lipinski definition) is 7. The second kappa shape index (κ2) is 8.10. The van der Waals surface area contributed by atoms with E-state index in [0.717, 1.165) is 10.8 Å². The maximum atomic E-state index is 13.2. The van der Waals surface area contributed by atoms with E-state index in [-0.39, 0.29) is 12.5 Å². The summed E-state index contributed by atoms with van der Waals surface area (Å²) in [5.41, 5.74) is 1.74. The lowest BCUT2D eigenvalue weighted by atomic mass is 10.0. The normalized spacial score (nSPS) is 11.2. The van der Waals surface area contributed by atoms with Crippen molar-refractivity contribution in [3.63, 3.8) is 0 Å². The molecule has 160 valence electrons. The fourth-order valence-electron chi connectivity index (χ4n) is 3.67. The smallest absolute Gasteiger partial charge is 0.261 e. The molecule has 9 nitrogen and oxygen atoms in total. The molecule has 0 aliphatic rings. The number of aryl methyl sites for hydroxylation is 1. The number of pyridine rings is 1. The van der Waals surface area contributed by atoms with Gasteiger partial charge in [-0.3, -0.25) is 9.20 Å². The molecule has 0 unspecified atom stereocenters. The number of nitrogens with zero attached hydrogens (tertiary/aromatic N) is 5. The van der Waals surface area contributed by atoms with Crippen LogP contribution in [0, 0.1) is 6.92 Å². The molecule has 0 aliphatic heterocycles. The lowest BCUT2D eigenvalue weighted by Crippen LogP contribution is -2.25. The van der Waals surface area contributed by atoms with Crippen molar-refractivity contribution in [3.05, 3.63) is 71.9 Å². The van der Waals surface area contributed by atoms with E-state index in [1.807, 2.05) is 61.7 Å². The van der Waals surface area contributed by atoms with Gasteiger partial charge in [-0.15, -0.1) is 10.2 Å². The predicted octanol–water partition coefficient (Wildman–Crippen LogP) is 3.57. The van der Waals surface area contributed by atoms with Crippen LogP contribution in [0.1, 0.15) is 28.9 Å². The second-order valence-corrected chi connectivity index (χ2v) is 7.15. The van der Waals surface area contributed by atoms with Crippen LogP contribution in [0.5, 0.6) is 5.75 Å². The Morgan fingerprint density at radius 3 is 2.81 bits per heavy atom. The average molecular weight is 428 g/mol. The number of carbonyl (C=O) groups is 1. The van der Waals surface area contributed by atoms with Crippen LogP contribution in [0.4, 0.5) is 0 Å². The van der Waals surface area contributed by atoms with Crippen molar-refractivity contribution >= 4 is 22.3 Å². The van der Waals surface area contributed by atoms with Crippen LogP contribution in [-0.2, 0) is 6.54 Å². The Labute approximate surface area is 183 Å². The third-order valence-electron chi connectivity index (χ3n) is 5.09. The minimum Gasteiger partial charge on any atom is -0.493 e. The lowest BCUT2D eigenvalue weighted by molar-refractivity contribution is 0.0948. The van der Waals surface area contributed by atoms with Gasteiger partial charge in [-0.2, -0.15) is 4.98 Å². The highest BCUT2D eigenvalue weighted by Gasteiger charge is 2.19. The topological polar surface area (TPSA) is 107 Å². The summed E-state index contributed by atoms with van der Waals surface area (Å²) in [6.07, 6.45) is 1.83. The first-order valence-corrected chi connectivity index (χ1v) is 10.2. The number of ether oxygens (including phenoxy) is 1. The van der Waals surface area contributed by atoms with Crippen LogP contribution in [0.15, 0.2) is 59.3 Å². The van der Waals surface area contributed by atoms with Crippen molar-refractivity contribution in [2.45, 2.75) is 20.4 Å². The minimum atomic E-state index is -0.245. The van der Waals surface area contributed by atoms with Crippen LogP contribution < -0.4 is 10.1 Å². The Bertz CT molecular complexity index is 1440. The molecule has 0 aliphatic carbocycles. The van der Waals surface area contributed by atoms with E-state index in [1.165, 1.54) is 0 Å². The van der Waals surface area contributed by atoms with Crippen molar-refractivity contribution in [1.29, 1.82) is 0 Å². The van der Waals surface area contributed by atoms with Crippen molar-refractivity contribution in [2.75, 3.05) is 6.61 Å². The number of fused-ring (bicyclic) bond motifs is 2. The molecular formula is C23H20N6O3. The molecule has 5 aromatic rings. The summed E-state index contributed by atoms with van der Waals surface area (Å²) >= 11 is 0. The monoisotopic (exact) mass is 428 g/mol. The minimum absolute atomic E-state index is 0.182. The molecule has 3 aromatic heterocycles. The van der Waals surface area contributed by atoms with Gasteiger partial charge in [0.05, 0.1) is 24.3 Å². The summed E-state index contributed by atoms with van der Waals surface area (Å²) in [6, 6.07) is 15.2. The van der Waals surface area contributed by atoms with Gasteiger partial charge in [0, 0.05) is 6.20 Å². The van der Waals surface area contributed by atoms with Crippen LogP contribution in [0.25, 0.3) is 27.9 Å². The van der Waals surface area contributed by atoms with Crippen LogP contribution in [0.3, 0.4) is 0 Å². The van der Waals surface area contributed by atoms with Gasteiger partial charge < -0.3 is 14.6 Å². The van der Waals surface area contributed by atoms with Crippen molar-refractivity contribution in [2.24, 2.45) is 0 Å². The molecule has 1 N–H and O–H groups in total. The third kappa shape index (κ3) is 3.43. The summed E-state index contributed by atoms with van der Waals surface area (Å²) in [5, 5.41) is 17.1. The zero-order valence-corrected chi connectivity index (χ0v) is 17.6. The molecule has 9 heteroatoms. The number of rotatable bonds is 6. The van der Waals surface area contributed by atoms with Gasteiger partial charge in [-0.25, -0.2) is 0 Å². The van der Waals surface area contributed by atoms with Gasteiger partial charge in [0.1, 0.15) is 5.75 Å².